The Morgan fingerprint density at radius 2 is 1.76 bits per heavy atom. The molecule has 7 heteroatoms. The molecule has 2 aromatic rings. The number of urea groups is 1. The number of nitrogens with zero attached hydrogens (tertiary/aromatic N) is 1. The van der Waals surface area contributed by atoms with Gasteiger partial charge in [0, 0.05) is 25.3 Å². The van der Waals surface area contributed by atoms with Crippen molar-refractivity contribution in [3.05, 3.63) is 54.1 Å². The van der Waals surface area contributed by atoms with Crippen LogP contribution in [0.5, 0.6) is 11.5 Å². The number of carbonyl (C=O) groups is 2. The summed E-state index contributed by atoms with van der Waals surface area (Å²) in [7, 11) is 4.73. The number of nitrogens with one attached hydrogen (secondary N) is 2. The van der Waals surface area contributed by atoms with Crippen LogP contribution in [0.3, 0.4) is 0 Å². The molecule has 7 nitrogen and oxygen atoms in total. The highest BCUT2D eigenvalue weighted by Crippen LogP contribution is 2.20. The second-order valence-electron chi connectivity index (χ2n) is 5.26. The molecule has 0 spiro atoms. The molecule has 132 valence electrons. The van der Waals surface area contributed by atoms with Gasteiger partial charge in [-0.05, 0) is 30.3 Å². The highest BCUT2D eigenvalue weighted by atomic mass is 16.6. The Hall–Kier alpha value is -3.22. The number of amides is 3. The summed E-state index contributed by atoms with van der Waals surface area (Å²) in [6.07, 6.45) is -0.558. The van der Waals surface area contributed by atoms with Crippen molar-refractivity contribution in [1.29, 1.82) is 0 Å². The average Bonchev–Trinajstić information content (AvgIpc) is 2.63. The van der Waals surface area contributed by atoms with Crippen LogP contribution >= 0.6 is 0 Å². The number of carbonyl (C=O) groups excluding carboxylic acids is 2. The van der Waals surface area contributed by atoms with Gasteiger partial charge in [-0.2, -0.15) is 0 Å². The molecule has 0 saturated heterocycles. The number of rotatable bonds is 5. The van der Waals surface area contributed by atoms with Gasteiger partial charge in [0.2, 0.25) is 0 Å². The van der Waals surface area contributed by atoms with Gasteiger partial charge in [-0.3, -0.25) is 0 Å². The molecule has 0 aliphatic carbocycles. The minimum atomic E-state index is -0.558. The maximum Gasteiger partial charge on any atom is 0.412 e. The quantitative estimate of drug-likeness (QED) is 0.874. The fourth-order valence-corrected chi connectivity index (χ4v) is 2.11. The minimum absolute atomic E-state index is 0.278. The van der Waals surface area contributed by atoms with Crippen LogP contribution in [0.25, 0.3) is 0 Å². The van der Waals surface area contributed by atoms with Gasteiger partial charge in [0.15, 0.2) is 0 Å². The lowest BCUT2D eigenvalue weighted by Crippen LogP contribution is -2.31. The number of ether oxygens (including phenoxy) is 2. The summed E-state index contributed by atoms with van der Waals surface area (Å²) in [4.78, 5) is 25.2. The molecule has 0 fully saturated rings. The lowest BCUT2D eigenvalue weighted by Gasteiger charge is -2.19. The second-order valence-corrected chi connectivity index (χ2v) is 5.26. The summed E-state index contributed by atoms with van der Waals surface area (Å²) in [5, 5.41) is 5.19. The molecule has 0 bridgehead atoms. The van der Waals surface area contributed by atoms with Crippen LogP contribution < -0.4 is 20.1 Å². The second kappa shape index (κ2) is 8.58. The molecule has 2 N–H and O–H groups in total. The molecule has 0 atom stereocenters. The molecule has 0 saturated carbocycles. The molecular formula is C18H21N3O4. The molecule has 0 aliphatic rings. The van der Waals surface area contributed by atoms with Gasteiger partial charge in [-0.1, -0.05) is 18.2 Å². The van der Waals surface area contributed by atoms with Crippen LogP contribution in [0.2, 0.25) is 0 Å². The normalized spacial score (nSPS) is 9.88. The van der Waals surface area contributed by atoms with E-state index in [0.717, 1.165) is 5.56 Å². The Bertz CT molecular complexity index is 731. The van der Waals surface area contributed by atoms with E-state index in [1.807, 2.05) is 6.07 Å². The number of anilines is 1. The molecular weight excluding hydrogens is 322 g/mol. The van der Waals surface area contributed by atoms with E-state index < -0.39 is 6.09 Å². The molecule has 0 aliphatic heterocycles. The average molecular weight is 343 g/mol. The van der Waals surface area contributed by atoms with E-state index >= 15 is 0 Å². The van der Waals surface area contributed by atoms with E-state index in [4.69, 9.17) is 9.47 Å². The first-order chi connectivity index (χ1) is 12.0. The fraction of sp³-hybridized carbons (Fsp3) is 0.222. The molecule has 25 heavy (non-hydrogen) atoms. The SMILES string of the molecule is CNC(=O)Oc1ccccc1CN(C)C(=O)Nc1ccc(OC)cc1. The van der Waals surface area contributed by atoms with Crippen LogP contribution in [-0.4, -0.2) is 38.2 Å². The van der Waals surface area contributed by atoms with E-state index in [9.17, 15) is 9.59 Å². The Morgan fingerprint density at radius 1 is 1.08 bits per heavy atom. The molecule has 0 aromatic heterocycles. The zero-order valence-electron chi connectivity index (χ0n) is 14.4. The summed E-state index contributed by atoms with van der Waals surface area (Å²) in [6.45, 7) is 0.287. The van der Waals surface area contributed by atoms with Gasteiger partial charge in [0.1, 0.15) is 11.5 Å². The zero-order valence-corrected chi connectivity index (χ0v) is 14.4. The number of benzene rings is 2. The Labute approximate surface area is 146 Å². The van der Waals surface area contributed by atoms with Crippen LogP contribution in [0, 0.1) is 0 Å². The molecule has 0 heterocycles. The van der Waals surface area contributed by atoms with Crippen LogP contribution in [-0.2, 0) is 6.54 Å². The van der Waals surface area contributed by atoms with Crippen LogP contribution in [0.4, 0.5) is 15.3 Å². The van der Waals surface area contributed by atoms with Crippen molar-refractivity contribution >= 4 is 17.8 Å². The van der Waals surface area contributed by atoms with E-state index in [2.05, 4.69) is 10.6 Å². The summed E-state index contributed by atoms with van der Waals surface area (Å²) < 4.78 is 10.3. The first-order valence-electron chi connectivity index (χ1n) is 7.67. The van der Waals surface area contributed by atoms with Crippen molar-refractivity contribution in [3.8, 4) is 11.5 Å². The van der Waals surface area contributed by atoms with Gasteiger partial charge in [0.25, 0.3) is 0 Å². The van der Waals surface area contributed by atoms with Crippen molar-refractivity contribution < 1.29 is 19.1 Å². The monoisotopic (exact) mass is 343 g/mol. The number of hydrogen-bond acceptors (Lipinski definition) is 4. The number of methoxy groups -OCH3 is 1. The van der Waals surface area contributed by atoms with Gasteiger partial charge < -0.3 is 25.0 Å². The van der Waals surface area contributed by atoms with Gasteiger partial charge in [0.05, 0.1) is 13.7 Å². The first-order valence-corrected chi connectivity index (χ1v) is 7.67. The predicted octanol–water partition coefficient (Wildman–Crippen LogP) is 3.08. The minimum Gasteiger partial charge on any atom is -0.497 e. The topological polar surface area (TPSA) is 79.9 Å². The summed E-state index contributed by atoms with van der Waals surface area (Å²) >= 11 is 0. The van der Waals surface area contributed by atoms with Gasteiger partial charge >= 0.3 is 12.1 Å². The first kappa shape index (κ1) is 18.1. The highest BCUT2D eigenvalue weighted by Gasteiger charge is 2.13. The van der Waals surface area contributed by atoms with Gasteiger partial charge in [-0.15, -0.1) is 0 Å². The molecule has 3 amide bonds. The molecule has 0 radical (unpaired) electrons. The lowest BCUT2D eigenvalue weighted by molar-refractivity contribution is 0.201. The van der Waals surface area contributed by atoms with Crippen molar-refractivity contribution in [2.24, 2.45) is 0 Å². The van der Waals surface area contributed by atoms with E-state index in [1.54, 1.807) is 56.6 Å². The van der Waals surface area contributed by atoms with Crippen molar-refractivity contribution in [2.75, 3.05) is 26.5 Å². The third kappa shape index (κ3) is 5.13. The van der Waals surface area contributed by atoms with E-state index in [-0.39, 0.29) is 12.6 Å². The van der Waals surface area contributed by atoms with Crippen molar-refractivity contribution in [2.45, 2.75) is 6.54 Å². The molecule has 0 unspecified atom stereocenters. The lowest BCUT2D eigenvalue weighted by atomic mass is 10.2. The fourth-order valence-electron chi connectivity index (χ4n) is 2.11. The maximum absolute atomic E-state index is 12.3. The standard InChI is InChI=1S/C18H21N3O4/c1-19-18(23)25-16-7-5-4-6-13(16)12-21(2)17(22)20-14-8-10-15(24-3)11-9-14/h4-11H,12H2,1-3H3,(H,19,23)(H,20,22). The third-order valence-corrected chi connectivity index (χ3v) is 3.47. The third-order valence-electron chi connectivity index (χ3n) is 3.47. The van der Waals surface area contributed by atoms with Gasteiger partial charge in [-0.25, -0.2) is 9.59 Å². The Balaban J connectivity index is 2.02. The zero-order chi connectivity index (χ0) is 18.2. The number of para-hydroxylation sites is 1. The smallest absolute Gasteiger partial charge is 0.412 e. The maximum atomic E-state index is 12.3. The Kier molecular flexibility index (Phi) is 6.22. The molecule has 2 rings (SSSR count). The largest absolute Gasteiger partial charge is 0.497 e. The van der Waals surface area contributed by atoms with Crippen LogP contribution in [0.1, 0.15) is 5.56 Å². The van der Waals surface area contributed by atoms with Crippen molar-refractivity contribution in [3.63, 3.8) is 0 Å². The number of hydrogen-bond donors (Lipinski definition) is 2. The van der Waals surface area contributed by atoms with E-state index in [0.29, 0.717) is 17.2 Å². The summed E-state index contributed by atoms with van der Waals surface area (Å²) in [6, 6.07) is 13.8. The highest BCUT2D eigenvalue weighted by molar-refractivity contribution is 5.89. The predicted molar refractivity (Wildman–Crippen MR) is 95.0 cm³/mol. The van der Waals surface area contributed by atoms with E-state index in [1.165, 1.54) is 11.9 Å². The summed E-state index contributed by atoms with van der Waals surface area (Å²) in [5.41, 5.74) is 1.38. The Morgan fingerprint density at radius 3 is 2.40 bits per heavy atom. The summed E-state index contributed by atoms with van der Waals surface area (Å²) in [5.74, 6) is 1.12. The van der Waals surface area contributed by atoms with Crippen molar-refractivity contribution in [1.82, 2.24) is 10.2 Å². The van der Waals surface area contributed by atoms with Crippen LogP contribution in [0.15, 0.2) is 48.5 Å². The molecule has 2 aromatic carbocycles.